The maximum atomic E-state index is 9.76. The van der Waals surface area contributed by atoms with Crippen LogP contribution in [0.3, 0.4) is 0 Å². The number of rotatable bonds is 3. The molecule has 116 valence electrons. The summed E-state index contributed by atoms with van der Waals surface area (Å²) in [4.78, 5) is 2.40. The Labute approximate surface area is 131 Å². The quantitative estimate of drug-likeness (QED) is 0.943. The SMILES string of the molecule is OC[C@H]1CCn2nccc2CN1Cc1ccc2c(c1)CCC2. The molecule has 0 saturated heterocycles. The zero-order chi connectivity index (χ0) is 14.9. The van der Waals surface area contributed by atoms with Crippen molar-refractivity contribution in [2.75, 3.05) is 6.61 Å². The van der Waals surface area contributed by atoms with Crippen LogP contribution in [0.1, 0.15) is 35.2 Å². The van der Waals surface area contributed by atoms with Crippen LogP contribution < -0.4 is 0 Å². The van der Waals surface area contributed by atoms with Crippen LogP contribution >= 0.6 is 0 Å². The van der Waals surface area contributed by atoms with Crippen molar-refractivity contribution in [3.63, 3.8) is 0 Å². The predicted octanol–water partition coefficient (Wildman–Crippen LogP) is 2.14. The van der Waals surface area contributed by atoms with E-state index in [-0.39, 0.29) is 12.6 Å². The zero-order valence-corrected chi connectivity index (χ0v) is 12.9. The number of aromatic nitrogens is 2. The van der Waals surface area contributed by atoms with E-state index >= 15 is 0 Å². The van der Waals surface area contributed by atoms with Gasteiger partial charge in [-0.15, -0.1) is 0 Å². The molecule has 0 bridgehead atoms. The number of fused-ring (bicyclic) bond motifs is 2. The third-order valence-electron chi connectivity index (χ3n) is 5.12. The van der Waals surface area contributed by atoms with Gasteiger partial charge in [-0.1, -0.05) is 18.2 Å². The number of hydrogen-bond acceptors (Lipinski definition) is 3. The van der Waals surface area contributed by atoms with Gasteiger partial charge < -0.3 is 5.11 Å². The van der Waals surface area contributed by atoms with Crippen molar-refractivity contribution in [1.29, 1.82) is 0 Å². The molecule has 0 fully saturated rings. The molecule has 1 atom stereocenters. The molecule has 22 heavy (non-hydrogen) atoms. The van der Waals surface area contributed by atoms with E-state index in [1.807, 2.05) is 6.20 Å². The lowest BCUT2D eigenvalue weighted by Crippen LogP contribution is -2.36. The molecule has 4 rings (SSSR count). The molecule has 2 aromatic rings. The van der Waals surface area contributed by atoms with E-state index in [9.17, 15) is 5.11 Å². The summed E-state index contributed by atoms with van der Waals surface area (Å²) < 4.78 is 2.07. The first kappa shape index (κ1) is 14.0. The monoisotopic (exact) mass is 297 g/mol. The number of aryl methyl sites for hydroxylation is 3. The van der Waals surface area contributed by atoms with Crippen molar-refractivity contribution in [3.8, 4) is 0 Å². The number of hydrogen-bond donors (Lipinski definition) is 1. The normalized spacial score (nSPS) is 21.4. The third-order valence-corrected chi connectivity index (χ3v) is 5.12. The minimum Gasteiger partial charge on any atom is -0.395 e. The summed E-state index contributed by atoms with van der Waals surface area (Å²) in [5.41, 5.74) is 5.67. The molecule has 4 nitrogen and oxygen atoms in total. The second-order valence-corrected chi connectivity index (χ2v) is 6.53. The fraction of sp³-hybridized carbons (Fsp3) is 0.500. The molecule has 2 aliphatic rings. The van der Waals surface area contributed by atoms with Crippen LogP contribution in [0.5, 0.6) is 0 Å². The van der Waals surface area contributed by atoms with E-state index in [1.54, 1.807) is 0 Å². The van der Waals surface area contributed by atoms with Crippen molar-refractivity contribution in [1.82, 2.24) is 14.7 Å². The Morgan fingerprint density at radius 3 is 3.00 bits per heavy atom. The second-order valence-electron chi connectivity index (χ2n) is 6.53. The van der Waals surface area contributed by atoms with Crippen LogP contribution in [0.25, 0.3) is 0 Å². The molecule has 4 heteroatoms. The lowest BCUT2D eigenvalue weighted by atomic mass is 10.0. The summed E-state index contributed by atoms with van der Waals surface area (Å²) >= 11 is 0. The predicted molar refractivity (Wildman–Crippen MR) is 85.4 cm³/mol. The van der Waals surface area contributed by atoms with Crippen LogP contribution in [0, 0.1) is 0 Å². The van der Waals surface area contributed by atoms with Crippen molar-refractivity contribution in [3.05, 3.63) is 52.8 Å². The first-order chi connectivity index (χ1) is 10.8. The molecule has 0 unspecified atom stereocenters. The largest absolute Gasteiger partial charge is 0.395 e. The Hall–Kier alpha value is -1.65. The fourth-order valence-electron chi connectivity index (χ4n) is 3.84. The lowest BCUT2D eigenvalue weighted by Gasteiger charge is -2.28. The Bertz CT molecular complexity index is 664. The lowest BCUT2D eigenvalue weighted by molar-refractivity contribution is 0.108. The Balaban J connectivity index is 1.57. The second kappa shape index (κ2) is 5.86. The Morgan fingerprint density at radius 2 is 2.09 bits per heavy atom. The summed E-state index contributed by atoms with van der Waals surface area (Å²) in [5.74, 6) is 0. The number of aliphatic hydroxyl groups excluding tert-OH is 1. The average molecular weight is 297 g/mol. The summed E-state index contributed by atoms with van der Waals surface area (Å²) in [5, 5.41) is 14.1. The van der Waals surface area contributed by atoms with Crippen molar-refractivity contribution in [2.24, 2.45) is 0 Å². The highest BCUT2D eigenvalue weighted by Gasteiger charge is 2.24. The maximum Gasteiger partial charge on any atom is 0.0587 e. The highest BCUT2D eigenvalue weighted by molar-refractivity contribution is 5.35. The highest BCUT2D eigenvalue weighted by atomic mass is 16.3. The van der Waals surface area contributed by atoms with Crippen molar-refractivity contribution in [2.45, 2.75) is 51.4 Å². The number of aliphatic hydroxyl groups is 1. The van der Waals surface area contributed by atoms with E-state index in [0.717, 1.165) is 26.1 Å². The van der Waals surface area contributed by atoms with Gasteiger partial charge in [0.2, 0.25) is 0 Å². The van der Waals surface area contributed by atoms with Crippen molar-refractivity contribution < 1.29 is 5.11 Å². The molecule has 1 aromatic heterocycles. The van der Waals surface area contributed by atoms with Crippen LogP contribution in [-0.2, 0) is 32.5 Å². The van der Waals surface area contributed by atoms with Gasteiger partial charge in [-0.2, -0.15) is 5.10 Å². The molecular weight excluding hydrogens is 274 g/mol. The van der Waals surface area contributed by atoms with Crippen LogP contribution in [0.15, 0.2) is 30.5 Å². The minimum atomic E-state index is 0.218. The number of nitrogens with zero attached hydrogens (tertiary/aromatic N) is 3. The van der Waals surface area contributed by atoms with Gasteiger partial charge in [0.05, 0.1) is 12.3 Å². The molecule has 0 saturated carbocycles. The van der Waals surface area contributed by atoms with Crippen molar-refractivity contribution >= 4 is 0 Å². The van der Waals surface area contributed by atoms with E-state index in [4.69, 9.17) is 0 Å². The standard InChI is InChI=1S/C18H23N3O/c22-13-18-7-9-21-17(6-8-19-21)12-20(18)11-14-4-5-15-2-1-3-16(15)10-14/h4-6,8,10,18,22H,1-3,7,9,11-13H2/t18-/m1/s1. The van der Waals surface area contributed by atoms with Gasteiger partial charge >= 0.3 is 0 Å². The van der Waals surface area contributed by atoms with Crippen LogP contribution in [0.4, 0.5) is 0 Å². The van der Waals surface area contributed by atoms with E-state index in [1.165, 1.54) is 41.6 Å². The maximum absolute atomic E-state index is 9.76. The molecule has 0 radical (unpaired) electrons. The van der Waals surface area contributed by atoms with Gasteiger partial charge in [-0.3, -0.25) is 9.58 Å². The van der Waals surface area contributed by atoms with Gasteiger partial charge in [0.25, 0.3) is 0 Å². The molecular formula is C18H23N3O. The average Bonchev–Trinajstić information content (AvgIpc) is 3.13. The van der Waals surface area contributed by atoms with Gasteiger partial charge in [0.15, 0.2) is 0 Å². The summed E-state index contributed by atoms with van der Waals surface area (Å²) in [6.45, 7) is 2.88. The van der Waals surface area contributed by atoms with Crippen LogP contribution in [-0.4, -0.2) is 32.4 Å². The molecule has 1 aliphatic carbocycles. The van der Waals surface area contributed by atoms with E-state index in [0.29, 0.717) is 0 Å². The van der Waals surface area contributed by atoms with E-state index in [2.05, 4.69) is 38.9 Å². The summed E-state index contributed by atoms with van der Waals surface area (Å²) in [6, 6.07) is 9.25. The molecule has 1 aliphatic heterocycles. The first-order valence-electron chi connectivity index (χ1n) is 8.30. The molecule has 1 N–H and O–H groups in total. The van der Waals surface area contributed by atoms with E-state index < -0.39 is 0 Å². The summed E-state index contributed by atoms with van der Waals surface area (Å²) in [7, 11) is 0. The van der Waals surface area contributed by atoms with Gasteiger partial charge in [0, 0.05) is 31.9 Å². The highest BCUT2D eigenvalue weighted by Crippen LogP contribution is 2.25. The number of benzene rings is 1. The molecule has 0 spiro atoms. The Kier molecular flexibility index (Phi) is 3.72. The van der Waals surface area contributed by atoms with Crippen LogP contribution in [0.2, 0.25) is 0 Å². The summed E-state index contributed by atoms with van der Waals surface area (Å²) in [6.07, 6.45) is 6.58. The third kappa shape index (κ3) is 2.57. The smallest absolute Gasteiger partial charge is 0.0587 e. The molecule has 1 aromatic carbocycles. The molecule has 0 amide bonds. The van der Waals surface area contributed by atoms with Gasteiger partial charge in [-0.25, -0.2) is 0 Å². The Morgan fingerprint density at radius 1 is 1.18 bits per heavy atom. The minimum absolute atomic E-state index is 0.218. The first-order valence-corrected chi connectivity index (χ1v) is 8.30. The zero-order valence-electron chi connectivity index (χ0n) is 12.9. The van der Waals surface area contributed by atoms with Gasteiger partial charge in [-0.05, 0) is 48.4 Å². The topological polar surface area (TPSA) is 41.3 Å². The fourth-order valence-corrected chi connectivity index (χ4v) is 3.84. The molecule has 2 heterocycles. The van der Waals surface area contributed by atoms with Gasteiger partial charge in [0.1, 0.15) is 0 Å².